The number of nitrogens with zero attached hydrogens (tertiary/aromatic N) is 2. The summed E-state index contributed by atoms with van der Waals surface area (Å²) in [4.78, 5) is 0. The van der Waals surface area contributed by atoms with E-state index >= 15 is 0 Å². The zero-order valence-corrected chi connectivity index (χ0v) is 9.17. The van der Waals surface area contributed by atoms with Crippen molar-refractivity contribution in [3.63, 3.8) is 0 Å². The Bertz CT molecular complexity index is 453. The van der Waals surface area contributed by atoms with E-state index < -0.39 is 0 Å². The van der Waals surface area contributed by atoms with Crippen molar-refractivity contribution in [2.45, 2.75) is 19.5 Å². The maximum Gasteiger partial charge on any atom is 0.125 e. The third-order valence-corrected chi connectivity index (χ3v) is 2.07. The Morgan fingerprint density at radius 1 is 1.53 bits per heavy atom. The second kappa shape index (κ2) is 4.59. The molecule has 0 unspecified atom stereocenters. The van der Waals surface area contributed by atoms with Gasteiger partial charge in [0.2, 0.25) is 0 Å². The number of fused-ring (bicyclic) bond motifs is 1. The average Bonchev–Trinajstić information content (AvgIpc) is 2.47. The van der Waals surface area contributed by atoms with Crippen LogP contribution in [-0.4, -0.2) is 15.8 Å². The standard InChI is InChI=1S/C10H12FN3.ClH/c1-7(12)6-14-10-4-9(11)3-2-8(10)5-13-14;/h2-5,7H,6,12H2,1H3;1H/t7-;/m0./s1. The van der Waals surface area contributed by atoms with Gasteiger partial charge in [-0.05, 0) is 25.1 Å². The molecule has 3 nitrogen and oxygen atoms in total. The molecule has 0 aliphatic carbocycles. The summed E-state index contributed by atoms with van der Waals surface area (Å²) < 4.78 is 14.7. The van der Waals surface area contributed by atoms with Crippen molar-refractivity contribution in [1.29, 1.82) is 0 Å². The van der Waals surface area contributed by atoms with Crippen LogP contribution in [0.5, 0.6) is 0 Å². The monoisotopic (exact) mass is 229 g/mol. The number of hydrogen-bond acceptors (Lipinski definition) is 2. The lowest BCUT2D eigenvalue weighted by atomic mass is 10.2. The van der Waals surface area contributed by atoms with Gasteiger partial charge in [-0.25, -0.2) is 4.39 Å². The van der Waals surface area contributed by atoms with Crippen LogP contribution >= 0.6 is 12.4 Å². The molecular formula is C10H13ClFN3. The zero-order chi connectivity index (χ0) is 10.1. The molecule has 0 fully saturated rings. The molecule has 1 aromatic heterocycles. The number of rotatable bonds is 2. The van der Waals surface area contributed by atoms with Gasteiger partial charge in [0.1, 0.15) is 5.82 Å². The van der Waals surface area contributed by atoms with E-state index in [-0.39, 0.29) is 24.3 Å². The lowest BCUT2D eigenvalue weighted by Crippen LogP contribution is -2.22. The van der Waals surface area contributed by atoms with Crippen molar-refractivity contribution in [2.24, 2.45) is 5.73 Å². The van der Waals surface area contributed by atoms with E-state index in [4.69, 9.17) is 5.73 Å². The van der Waals surface area contributed by atoms with E-state index in [0.29, 0.717) is 6.54 Å². The Balaban J connectivity index is 0.00000112. The summed E-state index contributed by atoms with van der Waals surface area (Å²) in [5.41, 5.74) is 6.45. The van der Waals surface area contributed by atoms with Crippen LogP contribution in [0.2, 0.25) is 0 Å². The van der Waals surface area contributed by atoms with E-state index in [9.17, 15) is 4.39 Å². The van der Waals surface area contributed by atoms with E-state index in [1.54, 1.807) is 16.9 Å². The summed E-state index contributed by atoms with van der Waals surface area (Å²) >= 11 is 0. The molecule has 5 heteroatoms. The molecule has 0 saturated heterocycles. The topological polar surface area (TPSA) is 43.8 Å². The minimum atomic E-state index is -0.246. The van der Waals surface area contributed by atoms with Gasteiger partial charge in [-0.15, -0.1) is 12.4 Å². The van der Waals surface area contributed by atoms with Gasteiger partial charge in [-0.1, -0.05) is 0 Å². The molecule has 15 heavy (non-hydrogen) atoms. The summed E-state index contributed by atoms with van der Waals surface area (Å²) in [6.07, 6.45) is 1.72. The van der Waals surface area contributed by atoms with Gasteiger partial charge in [0.05, 0.1) is 18.3 Å². The second-order valence-corrected chi connectivity index (χ2v) is 3.51. The van der Waals surface area contributed by atoms with Crippen molar-refractivity contribution >= 4 is 23.3 Å². The van der Waals surface area contributed by atoms with Gasteiger partial charge in [0.25, 0.3) is 0 Å². The molecule has 1 aromatic carbocycles. The summed E-state index contributed by atoms with van der Waals surface area (Å²) in [5.74, 6) is -0.246. The Morgan fingerprint density at radius 2 is 2.27 bits per heavy atom. The van der Waals surface area contributed by atoms with Gasteiger partial charge >= 0.3 is 0 Å². The first-order valence-corrected chi connectivity index (χ1v) is 4.53. The van der Waals surface area contributed by atoms with Crippen LogP contribution < -0.4 is 5.73 Å². The summed E-state index contributed by atoms with van der Waals surface area (Å²) in [6.45, 7) is 2.50. The Kier molecular flexibility index (Phi) is 3.66. The molecule has 0 aliphatic rings. The molecule has 0 spiro atoms. The van der Waals surface area contributed by atoms with Gasteiger partial charge in [0, 0.05) is 11.4 Å². The highest BCUT2D eigenvalue weighted by Gasteiger charge is 2.04. The van der Waals surface area contributed by atoms with Crippen molar-refractivity contribution in [1.82, 2.24) is 9.78 Å². The predicted octanol–water partition coefficient (Wildman–Crippen LogP) is 1.94. The van der Waals surface area contributed by atoms with Crippen LogP contribution in [-0.2, 0) is 6.54 Å². The molecule has 1 heterocycles. The zero-order valence-electron chi connectivity index (χ0n) is 8.35. The van der Waals surface area contributed by atoms with E-state index in [2.05, 4.69) is 5.10 Å². The number of benzene rings is 1. The highest BCUT2D eigenvalue weighted by Crippen LogP contribution is 2.14. The van der Waals surface area contributed by atoms with Gasteiger partial charge in [-0.3, -0.25) is 4.68 Å². The van der Waals surface area contributed by atoms with Gasteiger partial charge in [-0.2, -0.15) is 5.10 Å². The fourth-order valence-corrected chi connectivity index (χ4v) is 1.46. The quantitative estimate of drug-likeness (QED) is 0.856. The molecule has 2 aromatic rings. The van der Waals surface area contributed by atoms with E-state index in [1.807, 2.05) is 6.92 Å². The van der Waals surface area contributed by atoms with Crippen LogP contribution in [0.4, 0.5) is 4.39 Å². The minimum Gasteiger partial charge on any atom is -0.326 e. The van der Waals surface area contributed by atoms with Gasteiger partial charge in [0.15, 0.2) is 0 Å². The van der Waals surface area contributed by atoms with Crippen LogP contribution in [0.25, 0.3) is 10.9 Å². The van der Waals surface area contributed by atoms with Crippen molar-refractivity contribution < 1.29 is 4.39 Å². The second-order valence-electron chi connectivity index (χ2n) is 3.51. The molecule has 0 aliphatic heterocycles. The maximum absolute atomic E-state index is 13.0. The van der Waals surface area contributed by atoms with Crippen molar-refractivity contribution in [3.8, 4) is 0 Å². The fourth-order valence-electron chi connectivity index (χ4n) is 1.46. The normalized spacial score (nSPS) is 12.5. The van der Waals surface area contributed by atoms with Gasteiger partial charge < -0.3 is 5.73 Å². The third-order valence-electron chi connectivity index (χ3n) is 2.07. The third kappa shape index (κ3) is 2.46. The fraction of sp³-hybridized carbons (Fsp3) is 0.300. The van der Waals surface area contributed by atoms with Crippen molar-refractivity contribution in [3.05, 3.63) is 30.2 Å². The minimum absolute atomic E-state index is 0. The first kappa shape index (κ1) is 11.9. The van der Waals surface area contributed by atoms with E-state index in [0.717, 1.165) is 10.9 Å². The SMILES string of the molecule is C[C@H](N)Cn1ncc2ccc(F)cc21.Cl. The summed E-state index contributed by atoms with van der Waals surface area (Å²) in [6, 6.07) is 4.64. The molecule has 1 atom stereocenters. The van der Waals surface area contributed by atoms with Crippen LogP contribution in [0.1, 0.15) is 6.92 Å². The van der Waals surface area contributed by atoms with E-state index in [1.165, 1.54) is 12.1 Å². The predicted molar refractivity (Wildman–Crippen MR) is 60.6 cm³/mol. The molecule has 0 radical (unpaired) electrons. The highest BCUT2D eigenvalue weighted by atomic mass is 35.5. The molecule has 2 N–H and O–H groups in total. The maximum atomic E-state index is 13.0. The lowest BCUT2D eigenvalue weighted by Gasteiger charge is -2.06. The van der Waals surface area contributed by atoms with Crippen molar-refractivity contribution in [2.75, 3.05) is 0 Å². The summed E-state index contributed by atoms with van der Waals surface area (Å²) in [7, 11) is 0. The highest BCUT2D eigenvalue weighted by molar-refractivity contribution is 5.85. The lowest BCUT2D eigenvalue weighted by molar-refractivity contribution is 0.551. The number of hydrogen-bond donors (Lipinski definition) is 1. The Morgan fingerprint density at radius 3 is 2.93 bits per heavy atom. The number of nitrogens with two attached hydrogens (primary N) is 1. The van der Waals surface area contributed by atoms with Crippen LogP contribution in [0, 0.1) is 5.82 Å². The summed E-state index contributed by atoms with van der Waals surface area (Å²) in [5, 5.41) is 5.08. The van der Waals surface area contributed by atoms with Crippen LogP contribution in [0.3, 0.4) is 0 Å². The smallest absolute Gasteiger partial charge is 0.125 e. The molecule has 0 bridgehead atoms. The Hall–Kier alpha value is -1.13. The molecule has 82 valence electrons. The Labute approximate surface area is 93.5 Å². The first-order valence-electron chi connectivity index (χ1n) is 4.53. The largest absolute Gasteiger partial charge is 0.326 e. The first-order chi connectivity index (χ1) is 6.66. The molecule has 0 saturated carbocycles. The molecular weight excluding hydrogens is 217 g/mol. The number of halogens is 2. The number of aromatic nitrogens is 2. The van der Waals surface area contributed by atoms with Crippen LogP contribution in [0.15, 0.2) is 24.4 Å². The molecule has 2 rings (SSSR count). The average molecular weight is 230 g/mol. The molecule has 0 amide bonds.